The average Bonchev–Trinajstić information content (AvgIpc) is 2.74. The van der Waals surface area contributed by atoms with Crippen LogP contribution in [-0.4, -0.2) is 9.55 Å². The maximum absolute atomic E-state index is 13.3. The quantitative estimate of drug-likeness (QED) is 0.594. The fourth-order valence-corrected chi connectivity index (χ4v) is 3.10. The Morgan fingerprint density at radius 3 is 2.75 bits per heavy atom. The molecule has 20 heavy (non-hydrogen) atoms. The highest BCUT2D eigenvalue weighted by Crippen LogP contribution is 2.26. The molecule has 0 N–H and O–H groups in total. The Hall–Kier alpha value is -1.39. The van der Waals surface area contributed by atoms with Crippen molar-refractivity contribution in [2.75, 3.05) is 0 Å². The predicted molar refractivity (Wildman–Crippen MR) is 83.0 cm³/mol. The Morgan fingerprint density at radius 2 is 2.05 bits per heavy atom. The summed E-state index contributed by atoms with van der Waals surface area (Å²) < 4.78 is 16.3. The number of halogens is 3. The Balaban J connectivity index is 2.33. The number of imidazole rings is 1. The van der Waals surface area contributed by atoms with Crippen molar-refractivity contribution in [1.29, 1.82) is 0 Å². The topological polar surface area (TPSA) is 17.8 Å². The lowest BCUT2D eigenvalue weighted by Gasteiger charge is -2.09. The first kappa shape index (κ1) is 13.6. The van der Waals surface area contributed by atoms with Crippen LogP contribution in [0.25, 0.3) is 16.7 Å². The third-order valence-corrected chi connectivity index (χ3v) is 3.79. The number of hydrogen-bond donors (Lipinski definition) is 0. The lowest BCUT2D eigenvalue weighted by atomic mass is 10.2. The summed E-state index contributed by atoms with van der Waals surface area (Å²) >= 11 is 9.48. The minimum Gasteiger partial charge on any atom is -0.295 e. The van der Waals surface area contributed by atoms with Crippen molar-refractivity contribution < 1.29 is 4.39 Å². The Kier molecular flexibility index (Phi) is 3.52. The summed E-state index contributed by atoms with van der Waals surface area (Å²) in [5.74, 6) is 0.667. The highest BCUT2D eigenvalue weighted by Gasteiger charge is 2.13. The van der Waals surface area contributed by atoms with Crippen LogP contribution in [0.15, 0.2) is 40.9 Å². The van der Waals surface area contributed by atoms with Gasteiger partial charge in [-0.25, -0.2) is 9.37 Å². The maximum atomic E-state index is 13.3. The molecule has 0 amide bonds. The maximum Gasteiger partial charge on any atom is 0.129 e. The summed E-state index contributed by atoms with van der Waals surface area (Å²) in [4.78, 5) is 4.40. The lowest BCUT2D eigenvalue weighted by Crippen LogP contribution is -1.99. The van der Waals surface area contributed by atoms with Gasteiger partial charge < -0.3 is 0 Å². The smallest absolute Gasteiger partial charge is 0.129 e. The van der Waals surface area contributed by atoms with Crippen LogP contribution in [0.4, 0.5) is 4.39 Å². The van der Waals surface area contributed by atoms with Gasteiger partial charge in [-0.05, 0) is 42.8 Å². The van der Waals surface area contributed by atoms with Crippen molar-refractivity contribution >= 4 is 38.6 Å². The first-order valence-electron chi connectivity index (χ1n) is 6.09. The van der Waals surface area contributed by atoms with Gasteiger partial charge in [0.15, 0.2) is 0 Å². The van der Waals surface area contributed by atoms with E-state index in [0.717, 1.165) is 21.2 Å². The molecule has 0 aliphatic heterocycles. The first-order chi connectivity index (χ1) is 9.58. The molecular formula is C15H11BrClFN2. The molecular weight excluding hydrogens is 343 g/mol. The molecule has 0 radical (unpaired) electrons. The van der Waals surface area contributed by atoms with Gasteiger partial charge in [0, 0.05) is 16.2 Å². The fraction of sp³-hybridized carbons (Fsp3) is 0.133. The standard InChI is InChI=1S/C15H11BrClFN2/c1-9-4-10(16)6-12(5-9)20-14-3-2-11(18)7-13(14)19-15(20)8-17/h2-7H,8H2,1H3. The predicted octanol–water partition coefficient (Wildman–Crippen LogP) is 4.97. The van der Waals surface area contributed by atoms with Crippen LogP contribution < -0.4 is 0 Å². The summed E-state index contributed by atoms with van der Waals surface area (Å²) in [6.07, 6.45) is 0. The molecule has 0 fully saturated rings. The second-order valence-corrected chi connectivity index (χ2v) is 5.80. The summed E-state index contributed by atoms with van der Waals surface area (Å²) in [6, 6.07) is 10.7. The number of rotatable bonds is 2. The van der Waals surface area contributed by atoms with E-state index in [1.807, 2.05) is 29.7 Å². The molecule has 2 nitrogen and oxygen atoms in total. The van der Waals surface area contributed by atoms with Gasteiger partial charge in [-0.2, -0.15) is 0 Å². The van der Waals surface area contributed by atoms with Crippen molar-refractivity contribution in [3.63, 3.8) is 0 Å². The molecule has 0 aliphatic carbocycles. The highest BCUT2D eigenvalue weighted by atomic mass is 79.9. The molecule has 1 aromatic heterocycles. The molecule has 3 aromatic rings. The van der Waals surface area contributed by atoms with E-state index in [4.69, 9.17) is 11.6 Å². The third kappa shape index (κ3) is 2.34. The number of hydrogen-bond acceptors (Lipinski definition) is 1. The van der Waals surface area contributed by atoms with Gasteiger partial charge in [0.1, 0.15) is 11.6 Å². The SMILES string of the molecule is Cc1cc(Br)cc(-n2c(CCl)nc3cc(F)ccc32)c1. The van der Waals surface area contributed by atoms with E-state index in [1.54, 1.807) is 6.07 Å². The summed E-state index contributed by atoms with van der Waals surface area (Å²) in [5.41, 5.74) is 3.54. The molecule has 0 bridgehead atoms. The van der Waals surface area contributed by atoms with Crippen molar-refractivity contribution in [1.82, 2.24) is 9.55 Å². The lowest BCUT2D eigenvalue weighted by molar-refractivity contribution is 0.629. The molecule has 0 spiro atoms. The number of aromatic nitrogens is 2. The summed E-state index contributed by atoms with van der Waals surface area (Å²) in [5, 5.41) is 0. The molecule has 3 rings (SSSR count). The molecule has 0 aliphatic rings. The van der Waals surface area contributed by atoms with Gasteiger partial charge in [0.2, 0.25) is 0 Å². The van der Waals surface area contributed by atoms with E-state index in [9.17, 15) is 4.39 Å². The van der Waals surface area contributed by atoms with Gasteiger partial charge in [0.05, 0.1) is 16.9 Å². The van der Waals surface area contributed by atoms with Crippen molar-refractivity contribution in [3.8, 4) is 5.69 Å². The van der Waals surface area contributed by atoms with Crippen molar-refractivity contribution in [3.05, 3.63) is 58.1 Å². The summed E-state index contributed by atoms with van der Waals surface area (Å²) in [6.45, 7) is 2.02. The van der Waals surface area contributed by atoms with Crippen LogP contribution in [0.3, 0.4) is 0 Å². The largest absolute Gasteiger partial charge is 0.295 e. The van der Waals surface area contributed by atoms with Crippen LogP contribution in [0.5, 0.6) is 0 Å². The summed E-state index contributed by atoms with van der Waals surface area (Å²) in [7, 11) is 0. The molecule has 1 heterocycles. The Bertz CT molecular complexity index is 778. The molecule has 2 aromatic carbocycles. The Labute approximate surface area is 129 Å². The molecule has 0 saturated carbocycles. The second kappa shape index (κ2) is 5.19. The molecule has 5 heteroatoms. The molecule has 0 saturated heterocycles. The van der Waals surface area contributed by atoms with Gasteiger partial charge in [-0.1, -0.05) is 15.9 Å². The Morgan fingerprint density at radius 1 is 1.25 bits per heavy atom. The van der Waals surface area contributed by atoms with Crippen molar-refractivity contribution in [2.45, 2.75) is 12.8 Å². The molecule has 0 unspecified atom stereocenters. The van der Waals surface area contributed by atoms with E-state index < -0.39 is 0 Å². The van der Waals surface area contributed by atoms with Crippen LogP contribution in [0, 0.1) is 12.7 Å². The second-order valence-electron chi connectivity index (χ2n) is 4.62. The highest BCUT2D eigenvalue weighted by molar-refractivity contribution is 9.10. The number of benzene rings is 2. The van der Waals surface area contributed by atoms with Gasteiger partial charge in [-0.3, -0.25) is 4.57 Å². The third-order valence-electron chi connectivity index (χ3n) is 3.09. The van der Waals surface area contributed by atoms with Crippen LogP contribution in [0.1, 0.15) is 11.4 Å². The average molecular weight is 354 g/mol. The van der Waals surface area contributed by atoms with Gasteiger partial charge >= 0.3 is 0 Å². The van der Waals surface area contributed by atoms with Crippen LogP contribution in [0.2, 0.25) is 0 Å². The zero-order valence-corrected chi connectivity index (χ0v) is 13.0. The number of alkyl halides is 1. The molecule has 102 valence electrons. The van der Waals surface area contributed by atoms with E-state index >= 15 is 0 Å². The van der Waals surface area contributed by atoms with E-state index in [1.165, 1.54) is 12.1 Å². The van der Waals surface area contributed by atoms with Crippen LogP contribution >= 0.6 is 27.5 Å². The number of fused-ring (bicyclic) bond motifs is 1. The molecule has 0 atom stereocenters. The monoisotopic (exact) mass is 352 g/mol. The first-order valence-corrected chi connectivity index (χ1v) is 7.41. The van der Waals surface area contributed by atoms with E-state index in [0.29, 0.717) is 11.3 Å². The normalized spacial score (nSPS) is 11.2. The van der Waals surface area contributed by atoms with E-state index in [2.05, 4.69) is 20.9 Å². The van der Waals surface area contributed by atoms with Crippen molar-refractivity contribution in [2.24, 2.45) is 0 Å². The zero-order valence-electron chi connectivity index (χ0n) is 10.7. The van der Waals surface area contributed by atoms with Crippen LogP contribution in [-0.2, 0) is 5.88 Å². The number of aryl methyl sites for hydroxylation is 1. The zero-order chi connectivity index (χ0) is 14.3. The van der Waals surface area contributed by atoms with Gasteiger partial charge in [0.25, 0.3) is 0 Å². The minimum absolute atomic E-state index is 0.266. The fourth-order valence-electron chi connectivity index (χ4n) is 2.33. The van der Waals surface area contributed by atoms with Gasteiger partial charge in [-0.15, -0.1) is 11.6 Å². The minimum atomic E-state index is -0.298. The van der Waals surface area contributed by atoms with E-state index in [-0.39, 0.29) is 11.7 Å². The number of nitrogens with zero attached hydrogens (tertiary/aromatic N) is 2.